The van der Waals surface area contributed by atoms with Crippen molar-refractivity contribution < 1.29 is 23.5 Å². The minimum Gasteiger partial charge on any atom is -0.387 e. The lowest BCUT2D eigenvalue weighted by molar-refractivity contribution is -0.385. The van der Waals surface area contributed by atoms with Gasteiger partial charge in [0.15, 0.2) is 11.6 Å². The molecule has 0 spiro atoms. The van der Waals surface area contributed by atoms with Crippen LogP contribution in [0.1, 0.15) is 12.8 Å². The van der Waals surface area contributed by atoms with Crippen molar-refractivity contribution >= 4 is 11.4 Å². The van der Waals surface area contributed by atoms with Crippen LogP contribution in [-0.2, 0) is 4.74 Å². The topological polar surface area (TPSA) is 75.8 Å². The van der Waals surface area contributed by atoms with Gasteiger partial charge in [-0.05, 0) is 12.8 Å². The number of aliphatic hydroxyl groups is 1. The molecule has 1 fully saturated rings. The summed E-state index contributed by atoms with van der Waals surface area (Å²) in [5.41, 5.74) is -1.92. The molecule has 1 aromatic carbocycles. The lowest BCUT2D eigenvalue weighted by atomic mass is 9.92. The summed E-state index contributed by atoms with van der Waals surface area (Å²) in [6, 6.07) is 1.41. The highest BCUT2D eigenvalue weighted by atomic mass is 19.1. The molecule has 116 valence electrons. The SMILES string of the molecule is COCC1(O)CCN(c2c(F)cc([N+](=O)[O-])cc2F)CC1. The average Bonchev–Trinajstić information content (AvgIpc) is 2.40. The summed E-state index contributed by atoms with van der Waals surface area (Å²) in [6.45, 7) is 0.642. The van der Waals surface area contributed by atoms with Gasteiger partial charge in [-0.1, -0.05) is 0 Å². The summed E-state index contributed by atoms with van der Waals surface area (Å²) < 4.78 is 32.8. The molecule has 0 atom stereocenters. The van der Waals surface area contributed by atoms with Gasteiger partial charge in [0, 0.05) is 20.2 Å². The smallest absolute Gasteiger partial charge is 0.275 e. The van der Waals surface area contributed by atoms with Gasteiger partial charge in [0.05, 0.1) is 29.3 Å². The Morgan fingerprint density at radius 3 is 2.33 bits per heavy atom. The van der Waals surface area contributed by atoms with Crippen molar-refractivity contribution in [2.24, 2.45) is 0 Å². The molecule has 0 saturated carbocycles. The minimum atomic E-state index is -1.00. The Labute approximate surface area is 120 Å². The highest BCUT2D eigenvalue weighted by Gasteiger charge is 2.34. The van der Waals surface area contributed by atoms with Crippen molar-refractivity contribution in [1.29, 1.82) is 0 Å². The first-order valence-corrected chi connectivity index (χ1v) is 6.46. The van der Waals surface area contributed by atoms with Gasteiger partial charge in [0.2, 0.25) is 0 Å². The van der Waals surface area contributed by atoms with E-state index in [2.05, 4.69) is 0 Å². The Morgan fingerprint density at radius 1 is 1.38 bits per heavy atom. The number of non-ortho nitro benzene ring substituents is 1. The average molecular weight is 302 g/mol. The molecular weight excluding hydrogens is 286 g/mol. The van der Waals surface area contributed by atoms with Crippen LogP contribution in [0, 0.1) is 21.7 Å². The highest BCUT2D eigenvalue weighted by Crippen LogP contribution is 2.32. The molecule has 6 nitrogen and oxygen atoms in total. The molecule has 0 aromatic heterocycles. The van der Waals surface area contributed by atoms with E-state index in [1.807, 2.05) is 0 Å². The normalized spacial score (nSPS) is 17.8. The molecule has 8 heteroatoms. The molecule has 0 aliphatic carbocycles. The van der Waals surface area contributed by atoms with Crippen LogP contribution in [0.15, 0.2) is 12.1 Å². The summed E-state index contributed by atoms with van der Waals surface area (Å²) in [4.78, 5) is 11.2. The molecule has 0 amide bonds. The van der Waals surface area contributed by atoms with E-state index in [9.17, 15) is 24.0 Å². The van der Waals surface area contributed by atoms with Crippen LogP contribution in [0.2, 0.25) is 0 Å². The zero-order chi connectivity index (χ0) is 15.6. The van der Waals surface area contributed by atoms with Gasteiger partial charge in [-0.15, -0.1) is 0 Å². The number of nitro groups is 1. The summed E-state index contributed by atoms with van der Waals surface area (Å²) in [5.74, 6) is -1.95. The van der Waals surface area contributed by atoms with Crippen molar-refractivity contribution in [1.82, 2.24) is 0 Å². The summed E-state index contributed by atoms with van der Waals surface area (Å²) in [6.07, 6.45) is 0.605. The summed E-state index contributed by atoms with van der Waals surface area (Å²) in [7, 11) is 1.47. The third-order valence-electron chi connectivity index (χ3n) is 3.64. The number of nitro benzene ring substituents is 1. The molecule has 1 heterocycles. The van der Waals surface area contributed by atoms with Crippen LogP contribution in [0.4, 0.5) is 20.2 Å². The number of halogens is 2. The second kappa shape index (κ2) is 5.90. The van der Waals surface area contributed by atoms with Crippen LogP contribution in [-0.4, -0.2) is 42.4 Å². The second-order valence-corrected chi connectivity index (χ2v) is 5.16. The fourth-order valence-corrected chi connectivity index (χ4v) is 2.52. The van der Waals surface area contributed by atoms with Crippen LogP contribution in [0.25, 0.3) is 0 Å². The number of piperidine rings is 1. The quantitative estimate of drug-likeness (QED) is 0.678. The molecule has 1 N–H and O–H groups in total. The van der Waals surface area contributed by atoms with Gasteiger partial charge in [-0.25, -0.2) is 8.78 Å². The Kier molecular flexibility index (Phi) is 4.38. The Hall–Kier alpha value is -1.80. The highest BCUT2D eigenvalue weighted by molar-refractivity contribution is 5.54. The molecule has 1 aliphatic heterocycles. The first-order chi connectivity index (χ1) is 9.86. The van der Waals surface area contributed by atoms with Crippen LogP contribution < -0.4 is 4.90 Å². The van der Waals surface area contributed by atoms with Crippen molar-refractivity contribution in [2.45, 2.75) is 18.4 Å². The standard InChI is InChI=1S/C13H16F2N2O4/c1-21-8-13(18)2-4-16(5-3-13)12-10(14)6-9(17(19)20)7-11(12)15/h6-7,18H,2-5,8H2,1H3. The number of benzene rings is 1. The third-order valence-corrected chi connectivity index (χ3v) is 3.64. The maximum atomic E-state index is 13.9. The Morgan fingerprint density at radius 2 is 1.90 bits per heavy atom. The molecule has 21 heavy (non-hydrogen) atoms. The van der Waals surface area contributed by atoms with Crippen molar-refractivity contribution in [2.75, 3.05) is 31.7 Å². The Balaban J connectivity index is 2.19. The maximum absolute atomic E-state index is 13.9. The molecule has 0 unspecified atom stereocenters. The fourth-order valence-electron chi connectivity index (χ4n) is 2.52. The number of anilines is 1. The zero-order valence-corrected chi connectivity index (χ0v) is 11.5. The second-order valence-electron chi connectivity index (χ2n) is 5.16. The van der Waals surface area contributed by atoms with Crippen LogP contribution >= 0.6 is 0 Å². The van der Waals surface area contributed by atoms with Crippen LogP contribution in [0.3, 0.4) is 0 Å². The molecule has 1 aliphatic rings. The lowest BCUT2D eigenvalue weighted by Crippen LogP contribution is -2.47. The number of rotatable bonds is 4. The van der Waals surface area contributed by atoms with E-state index in [-0.39, 0.29) is 25.4 Å². The predicted molar refractivity (Wildman–Crippen MR) is 71.3 cm³/mol. The molecule has 0 bridgehead atoms. The number of hydrogen-bond acceptors (Lipinski definition) is 5. The number of nitrogens with zero attached hydrogens (tertiary/aromatic N) is 2. The van der Waals surface area contributed by atoms with Crippen molar-refractivity contribution in [3.8, 4) is 0 Å². The Bertz CT molecular complexity index is 522. The van der Waals surface area contributed by atoms with E-state index in [4.69, 9.17) is 4.74 Å². The van der Waals surface area contributed by atoms with Gasteiger partial charge >= 0.3 is 0 Å². The monoisotopic (exact) mass is 302 g/mol. The molecule has 2 rings (SSSR count). The molecule has 1 saturated heterocycles. The number of ether oxygens (including phenoxy) is 1. The first-order valence-electron chi connectivity index (χ1n) is 6.46. The minimum absolute atomic E-state index is 0.159. The third kappa shape index (κ3) is 3.27. The maximum Gasteiger partial charge on any atom is 0.275 e. The van der Waals surface area contributed by atoms with Gasteiger partial charge in [-0.2, -0.15) is 0 Å². The van der Waals surface area contributed by atoms with Crippen LogP contribution in [0.5, 0.6) is 0 Å². The lowest BCUT2D eigenvalue weighted by Gasteiger charge is -2.38. The predicted octanol–water partition coefficient (Wildman–Crippen LogP) is 1.85. The van der Waals surface area contributed by atoms with Gasteiger partial charge < -0.3 is 14.7 Å². The van der Waals surface area contributed by atoms with E-state index >= 15 is 0 Å². The molecule has 1 aromatic rings. The largest absolute Gasteiger partial charge is 0.387 e. The fraction of sp³-hybridized carbons (Fsp3) is 0.538. The summed E-state index contributed by atoms with van der Waals surface area (Å²) >= 11 is 0. The van der Waals surface area contributed by atoms with E-state index in [0.717, 1.165) is 0 Å². The molecule has 0 radical (unpaired) electrons. The first kappa shape index (κ1) is 15.6. The van der Waals surface area contributed by atoms with Crippen molar-refractivity contribution in [3.63, 3.8) is 0 Å². The van der Waals surface area contributed by atoms with Gasteiger partial charge in [0.25, 0.3) is 5.69 Å². The van der Waals surface area contributed by atoms with Gasteiger partial charge in [-0.3, -0.25) is 10.1 Å². The van der Waals surface area contributed by atoms with E-state index in [0.29, 0.717) is 25.0 Å². The molecular formula is C13H16F2N2O4. The zero-order valence-electron chi connectivity index (χ0n) is 11.5. The van der Waals surface area contributed by atoms with E-state index < -0.39 is 27.8 Å². The number of hydrogen-bond donors (Lipinski definition) is 1. The number of methoxy groups -OCH3 is 1. The van der Waals surface area contributed by atoms with E-state index in [1.54, 1.807) is 0 Å². The van der Waals surface area contributed by atoms with E-state index in [1.165, 1.54) is 12.0 Å². The summed E-state index contributed by atoms with van der Waals surface area (Å²) in [5, 5.41) is 20.7. The van der Waals surface area contributed by atoms with Gasteiger partial charge in [0.1, 0.15) is 5.69 Å². The van der Waals surface area contributed by atoms with Crippen molar-refractivity contribution in [3.05, 3.63) is 33.9 Å².